The van der Waals surface area contributed by atoms with Crippen LogP contribution in [0.2, 0.25) is 0 Å². The van der Waals surface area contributed by atoms with Gasteiger partial charge in [-0.05, 0) is 26.7 Å². The molecule has 2 unspecified atom stereocenters. The molecule has 0 saturated heterocycles. The van der Waals surface area contributed by atoms with Crippen LogP contribution in [-0.2, 0) is 23.7 Å². The van der Waals surface area contributed by atoms with Gasteiger partial charge in [-0.1, -0.05) is 13.8 Å². The lowest BCUT2D eigenvalue weighted by Crippen LogP contribution is -2.31. The average Bonchev–Trinajstić information content (AvgIpc) is 2.49. The molecule has 5 heteroatoms. The fourth-order valence-corrected chi connectivity index (χ4v) is 1.75. The normalized spacial score (nSPS) is 14.3. The van der Waals surface area contributed by atoms with Crippen molar-refractivity contribution in [3.8, 4) is 0 Å². The van der Waals surface area contributed by atoms with Crippen molar-refractivity contribution in [2.24, 2.45) is 0 Å². The lowest BCUT2D eigenvalue weighted by molar-refractivity contribution is -0.0924. The zero-order valence-corrected chi connectivity index (χ0v) is 14.3. The maximum atomic E-state index is 5.73. The van der Waals surface area contributed by atoms with Gasteiger partial charge in [0.25, 0.3) is 0 Å². The van der Waals surface area contributed by atoms with E-state index in [1.54, 1.807) is 0 Å². The van der Waals surface area contributed by atoms with Crippen molar-refractivity contribution in [3.05, 3.63) is 0 Å². The average molecular weight is 306 g/mol. The van der Waals surface area contributed by atoms with Crippen molar-refractivity contribution in [1.29, 1.82) is 0 Å². The molecule has 5 nitrogen and oxygen atoms in total. The third kappa shape index (κ3) is 13.2. The molecule has 0 N–H and O–H groups in total. The Bertz CT molecular complexity index is 193. The topological polar surface area (TPSA) is 46.2 Å². The van der Waals surface area contributed by atoms with Crippen molar-refractivity contribution >= 4 is 0 Å². The predicted molar refractivity (Wildman–Crippen MR) is 83.9 cm³/mol. The molecule has 0 amide bonds. The van der Waals surface area contributed by atoms with Gasteiger partial charge in [0.05, 0.1) is 26.4 Å². The number of hydrogen-bond acceptors (Lipinski definition) is 5. The van der Waals surface area contributed by atoms with Gasteiger partial charge in [-0.15, -0.1) is 0 Å². The Hall–Kier alpha value is -0.200. The van der Waals surface area contributed by atoms with Gasteiger partial charge in [-0.2, -0.15) is 0 Å². The monoisotopic (exact) mass is 306 g/mol. The summed E-state index contributed by atoms with van der Waals surface area (Å²) in [6, 6.07) is 0. The van der Waals surface area contributed by atoms with Gasteiger partial charge in [-0.3, -0.25) is 0 Å². The van der Waals surface area contributed by atoms with Crippen LogP contribution in [0, 0.1) is 0 Å². The highest BCUT2D eigenvalue weighted by molar-refractivity contribution is 4.59. The van der Waals surface area contributed by atoms with Gasteiger partial charge in [0.15, 0.2) is 0 Å². The Balaban J connectivity index is 3.92. The lowest BCUT2D eigenvalue weighted by atomic mass is 10.3. The molecule has 128 valence electrons. The minimum absolute atomic E-state index is 0.0104. The Morgan fingerprint density at radius 2 is 1.14 bits per heavy atom. The van der Waals surface area contributed by atoms with Crippen molar-refractivity contribution in [2.75, 3.05) is 52.9 Å². The van der Waals surface area contributed by atoms with E-state index >= 15 is 0 Å². The van der Waals surface area contributed by atoms with Crippen LogP contribution in [0.25, 0.3) is 0 Å². The zero-order chi connectivity index (χ0) is 15.8. The smallest absolute Gasteiger partial charge is 0.104 e. The van der Waals surface area contributed by atoms with E-state index in [1.165, 1.54) is 0 Å². The van der Waals surface area contributed by atoms with Crippen LogP contribution in [-0.4, -0.2) is 65.1 Å². The van der Waals surface area contributed by atoms with Gasteiger partial charge >= 0.3 is 0 Å². The molecule has 0 aromatic heterocycles. The molecular formula is C16H34O5. The van der Waals surface area contributed by atoms with Crippen LogP contribution in [0.15, 0.2) is 0 Å². The van der Waals surface area contributed by atoms with Crippen LogP contribution < -0.4 is 0 Å². The van der Waals surface area contributed by atoms with Crippen molar-refractivity contribution in [1.82, 2.24) is 0 Å². The lowest BCUT2D eigenvalue weighted by Gasteiger charge is -2.21. The second-order valence-electron chi connectivity index (χ2n) is 4.84. The van der Waals surface area contributed by atoms with E-state index in [-0.39, 0.29) is 12.2 Å². The molecule has 0 aliphatic rings. The molecule has 0 heterocycles. The van der Waals surface area contributed by atoms with E-state index in [0.717, 1.165) is 26.1 Å². The molecule has 0 rings (SSSR count). The Morgan fingerprint density at radius 1 is 0.571 bits per heavy atom. The van der Waals surface area contributed by atoms with Crippen LogP contribution >= 0.6 is 0 Å². The molecule has 0 aliphatic carbocycles. The van der Waals surface area contributed by atoms with Crippen molar-refractivity contribution in [3.63, 3.8) is 0 Å². The summed E-state index contributed by atoms with van der Waals surface area (Å²) >= 11 is 0. The molecule has 0 aromatic rings. The molecule has 0 spiro atoms. The predicted octanol–water partition coefficient (Wildman–Crippen LogP) is 2.67. The SMILES string of the molecule is CCCOCC(COCC(COCC)OCCC)OCC. The molecule has 0 fully saturated rings. The maximum Gasteiger partial charge on any atom is 0.104 e. The highest BCUT2D eigenvalue weighted by Gasteiger charge is 2.13. The Morgan fingerprint density at radius 3 is 1.71 bits per heavy atom. The summed E-state index contributed by atoms with van der Waals surface area (Å²) in [6.07, 6.45) is 1.99. The summed E-state index contributed by atoms with van der Waals surface area (Å²) in [5.74, 6) is 0. The van der Waals surface area contributed by atoms with E-state index in [9.17, 15) is 0 Å². The van der Waals surface area contributed by atoms with Gasteiger partial charge < -0.3 is 23.7 Å². The molecule has 0 aromatic carbocycles. The summed E-state index contributed by atoms with van der Waals surface area (Å²) < 4.78 is 28.0. The van der Waals surface area contributed by atoms with E-state index in [0.29, 0.717) is 39.6 Å². The van der Waals surface area contributed by atoms with Crippen LogP contribution in [0.5, 0.6) is 0 Å². The van der Waals surface area contributed by atoms with E-state index in [2.05, 4.69) is 13.8 Å². The highest BCUT2D eigenvalue weighted by Crippen LogP contribution is 2.01. The quantitative estimate of drug-likeness (QED) is 0.410. The summed E-state index contributed by atoms with van der Waals surface area (Å²) in [7, 11) is 0. The Kier molecular flexibility index (Phi) is 16.0. The summed E-state index contributed by atoms with van der Waals surface area (Å²) in [4.78, 5) is 0. The van der Waals surface area contributed by atoms with E-state index < -0.39 is 0 Å². The molecule has 0 saturated carbocycles. The molecular weight excluding hydrogens is 272 g/mol. The first-order valence-electron chi connectivity index (χ1n) is 8.24. The van der Waals surface area contributed by atoms with Crippen molar-refractivity contribution in [2.45, 2.75) is 52.7 Å². The largest absolute Gasteiger partial charge is 0.379 e. The minimum atomic E-state index is -0.0135. The number of ether oxygens (including phenoxy) is 5. The molecule has 2 atom stereocenters. The first-order valence-corrected chi connectivity index (χ1v) is 8.24. The number of hydrogen-bond donors (Lipinski definition) is 0. The maximum absolute atomic E-state index is 5.73. The van der Waals surface area contributed by atoms with Gasteiger partial charge in [-0.25, -0.2) is 0 Å². The minimum Gasteiger partial charge on any atom is -0.379 e. The van der Waals surface area contributed by atoms with Gasteiger partial charge in [0, 0.05) is 26.4 Å². The second kappa shape index (κ2) is 16.2. The van der Waals surface area contributed by atoms with Gasteiger partial charge in [0.1, 0.15) is 12.2 Å². The third-order valence-electron chi connectivity index (χ3n) is 2.73. The highest BCUT2D eigenvalue weighted by atomic mass is 16.6. The van der Waals surface area contributed by atoms with Gasteiger partial charge in [0.2, 0.25) is 0 Å². The van der Waals surface area contributed by atoms with E-state index in [1.807, 2.05) is 13.8 Å². The van der Waals surface area contributed by atoms with Crippen LogP contribution in [0.4, 0.5) is 0 Å². The Labute approximate surface area is 130 Å². The van der Waals surface area contributed by atoms with Crippen LogP contribution in [0.3, 0.4) is 0 Å². The van der Waals surface area contributed by atoms with E-state index in [4.69, 9.17) is 23.7 Å². The van der Waals surface area contributed by atoms with Crippen molar-refractivity contribution < 1.29 is 23.7 Å². The summed E-state index contributed by atoms with van der Waals surface area (Å²) in [5, 5.41) is 0. The fraction of sp³-hybridized carbons (Fsp3) is 1.00. The third-order valence-corrected chi connectivity index (χ3v) is 2.73. The standard InChI is InChI=1S/C16H34O5/c1-5-9-18-12-15(20-8-4)13-19-14-16(11-17-7-3)21-10-6-2/h15-16H,5-14H2,1-4H3. The second-order valence-corrected chi connectivity index (χ2v) is 4.84. The molecule has 0 bridgehead atoms. The van der Waals surface area contributed by atoms with Crippen LogP contribution in [0.1, 0.15) is 40.5 Å². The number of rotatable bonds is 16. The summed E-state index contributed by atoms with van der Waals surface area (Å²) in [5.41, 5.74) is 0. The molecule has 0 aliphatic heterocycles. The summed E-state index contributed by atoms with van der Waals surface area (Å²) in [6.45, 7) is 13.2. The first-order chi connectivity index (χ1) is 10.3. The molecule has 0 radical (unpaired) electrons. The zero-order valence-electron chi connectivity index (χ0n) is 14.3. The molecule has 21 heavy (non-hydrogen) atoms. The first kappa shape index (κ1) is 20.8. The fourth-order valence-electron chi connectivity index (χ4n) is 1.75.